The Bertz CT molecular complexity index is 1100. The molecule has 2 heterocycles. The third-order valence-electron chi connectivity index (χ3n) is 4.36. The first-order valence-corrected chi connectivity index (χ1v) is 9.15. The molecule has 0 radical (unpaired) electrons. The van der Waals surface area contributed by atoms with Gasteiger partial charge in [0.05, 0.1) is 6.04 Å². The molecule has 134 valence electrons. The van der Waals surface area contributed by atoms with Gasteiger partial charge in [-0.15, -0.1) is 0 Å². The Morgan fingerprint density at radius 1 is 0.852 bits per heavy atom. The Balaban J connectivity index is 1.86. The van der Waals surface area contributed by atoms with Crippen LogP contribution in [0.25, 0.3) is 10.9 Å². The number of nitrogens with one attached hydrogen (secondary N) is 1. The van der Waals surface area contributed by atoms with E-state index in [1.807, 2.05) is 48.5 Å². The lowest BCUT2D eigenvalue weighted by molar-refractivity contribution is 0.468. The zero-order chi connectivity index (χ0) is 18.8. The normalized spacial score (nSPS) is 12.0. The summed E-state index contributed by atoms with van der Waals surface area (Å²) in [5, 5.41) is 25.1. The van der Waals surface area contributed by atoms with Crippen molar-refractivity contribution in [3.8, 4) is 11.5 Å². The fourth-order valence-corrected chi connectivity index (χ4v) is 3.28. The lowest BCUT2D eigenvalue weighted by Crippen LogP contribution is -2.14. The summed E-state index contributed by atoms with van der Waals surface area (Å²) in [6, 6.07) is 18.1. The Labute approximate surface area is 164 Å². The minimum atomic E-state index is -0.426. The molecule has 0 aliphatic rings. The van der Waals surface area contributed by atoms with Crippen molar-refractivity contribution in [2.24, 2.45) is 0 Å². The predicted molar refractivity (Wildman–Crippen MR) is 109 cm³/mol. The summed E-state index contributed by atoms with van der Waals surface area (Å²) in [7, 11) is 0. The Kier molecular flexibility index (Phi) is 4.64. The molecule has 0 unspecified atom stereocenters. The standard InChI is InChI=1S/C21H16BrN3O2/c22-15-8-5-14(6-9-15)18(25-21-17(26)4-2-12-24-21)16-10-7-13-3-1-11-23-19(13)20(16)27/h1-12,18,26-27H,(H,24,25)/t18-/m1/s1. The molecule has 0 bridgehead atoms. The van der Waals surface area contributed by atoms with Crippen molar-refractivity contribution < 1.29 is 10.2 Å². The highest BCUT2D eigenvalue weighted by atomic mass is 79.9. The molecule has 4 aromatic rings. The molecule has 0 aliphatic carbocycles. The highest BCUT2D eigenvalue weighted by molar-refractivity contribution is 9.10. The van der Waals surface area contributed by atoms with Crippen LogP contribution in [0.3, 0.4) is 0 Å². The van der Waals surface area contributed by atoms with Crippen molar-refractivity contribution in [1.82, 2.24) is 9.97 Å². The first kappa shape index (κ1) is 17.3. The number of phenols is 1. The van der Waals surface area contributed by atoms with E-state index in [2.05, 4.69) is 31.2 Å². The summed E-state index contributed by atoms with van der Waals surface area (Å²) in [5.41, 5.74) is 2.09. The van der Waals surface area contributed by atoms with Crippen molar-refractivity contribution in [2.45, 2.75) is 6.04 Å². The first-order chi connectivity index (χ1) is 13.1. The summed E-state index contributed by atoms with van der Waals surface area (Å²) < 4.78 is 0.954. The number of hydrogen-bond acceptors (Lipinski definition) is 5. The zero-order valence-electron chi connectivity index (χ0n) is 14.2. The molecular weight excluding hydrogens is 406 g/mol. The van der Waals surface area contributed by atoms with Crippen molar-refractivity contribution >= 4 is 32.7 Å². The van der Waals surface area contributed by atoms with Crippen LogP contribution in [0.5, 0.6) is 11.5 Å². The molecule has 2 aromatic carbocycles. The molecule has 4 rings (SSSR count). The molecule has 0 spiro atoms. The first-order valence-electron chi connectivity index (χ1n) is 8.36. The molecule has 1 atom stereocenters. The Morgan fingerprint density at radius 3 is 2.37 bits per heavy atom. The Morgan fingerprint density at radius 2 is 1.59 bits per heavy atom. The van der Waals surface area contributed by atoms with E-state index in [1.54, 1.807) is 24.5 Å². The van der Waals surface area contributed by atoms with E-state index in [0.29, 0.717) is 16.9 Å². The molecule has 6 heteroatoms. The van der Waals surface area contributed by atoms with Gasteiger partial charge in [0.1, 0.15) is 11.3 Å². The van der Waals surface area contributed by atoms with E-state index >= 15 is 0 Å². The van der Waals surface area contributed by atoms with Crippen LogP contribution in [0.2, 0.25) is 0 Å². The van der Waals surface area contributed by atoms with Crippen molar-refractivity contribution in [1.29, 1.82) is 0 Å². The molecule has 0 saturated heterocycles. The molecule has 0 aliphatic heterocycles. The number of benzene rings is 2. The van der Waals surface area contributed by atoms with Crippen LogP contribution in [-0.2, 0) is 0 Å². The quantitative estimate of drug-likeness (QED) is 0.431. The van der Waals surface area contributed by atoms with E-state index < -0.39 is 6.04 Å². The number of phenolic OH excluding ortho intramolecular Hbond substituents is 1. The van der Waals surface area contributed by atoms with Crippen LogP contribution in [0, 0.1) is 0 Å². The lowest BCUT2D eigenvalue weighted by Gasteiger charge is -2.22. The van der Waals surface area contributed by atoms with Gasteiger partial charge in [-0.1, -0.05) is 46.3 Å². The highest BCUT2D eigenvalue weighted by Gasteiger charge is 2.21. The van der Waals surface area contributed by atoms with Gasteiger partial charge in [0.2, 0.25) is 0 Å². The van der Waals surface area contributed by atoms with Crippen LogP contribution in [0.1, 0.15) is 17.2 Å². The van der Waals surface area contributed by atoms with E-state index in [1.165, 1.54) is 0 Å². The fraction of sp³-hybridized carbons (Fsp3) is 0.0476. The highest BCUT2D eigenvalue weighted by Crippen LogP contribution is 2.37. The van der Waals surface area contributed by atoms with Crippen molar-refractivity contribution in [3.63, 3.8) is 0 Å². The number of hydrogen-bond donors (Lipinski definition) is 3. The molecule has 2 aromatic heterocycles. The van der Waals surface area contributed by atoms with Gasteiger partial charge in [-0.05, 0) is 35.9 Å². The summed E-state index contributed by atoms with van der Waals surface area (Å²) in [5.74, 6) is 0.480. The number of aromatic hydroxyl groups is 2. The summed E-state index contributed by atoms with van der Waals surface area (Å²) in [4.78, 5) is 8.52. The van der Waals surface area contributed by atoms with Gasteiger partial charge < -0.3 is 15.5 Å². The van der Waals surface area contributed by atoms with E-state index in [9.17, 15) is 10.2 Å². The van der Waals surface area contributed by atoms with Crippen molar-refractivity contribution in [3.05, 3.63) is 88.7 Å². The predicted octanol–water partition coefficient (Wildman–Crippen LogP) is 5.01. The number of rotatable bonds is 4. The average Bonchev–Trinajstić information content (AvgIpc) is 2.69. The SMILES string of the molecule is Oc1cccnc1N[C@H](c1ccc(Br)cc1)c1ccc2cccnc2c1O. The third kappa shape index (κ3) is 3.44. The number of fused-ring (bicyclic) bond motifs is 1. The molecule has 0 amide bonds. The van der Waals surface area contributed by atoms with Crippen LogP contribution < -0.4 is 5.32 Å². The second kappa shape index (κ2) is 7.25. The topological polar surface area (TPSA) is 78.3 Å². The van der Waals surface area contributed by atoms with E-state index in [0.717, 1.165) is 15.4 Å². The second-order valence-corrected chi connectivity index (χ2v) is 6.99. The molecule has 27 heavy (non-hydrogen) atoms. The Hall–Kier alpha value is -3.12. The zero-order valence-corrected chi connectivity index (χ0v) is 15.8. The fourth-order valence-electron chi connectivity index (χ4n) is 3.02. The van der Waals surface area contributed by atoms with Gasteiger partial charge in [0.15, 0.2) is 11.6 Å². The largest absolute Gasteiger partial charge is 0.505 e. The second-order valence-electron chi connectivity index (χ2n) is 6.08. The summed E-state index contributed by atoms with van der Waals surface area (Å²) in [6.07, 6.45) is 3.25. The van der Waals surface area contributed by atoms with Gasteiger partial charge in [0.25, 0.3) is 0 Å². The smallest absolute Gasteiger partial charge is 0.169 e. The van der Waals surface area contributed by atoms with Gasteiger partial charge in [-0.25, -0.2) is 4.98 Å². The average molecular weight is 422 g/mol. The third-order valence-corrected chi connectivity index (χ3v) is 4.89. The van der Waals surface area contributed by atoms with E-state index in [-0.39, 0.29) is 11.5 Å². The van der Waals surface area contributed by atoms with Crippen LogP contribution >= 0.6 is 15.9 Å². The maximum atomic E-state index is 10.9. The number of aromatic nitrogens is 2. The monoisotopic (exact) mass is 421 g/mol. The van der Waals surface area contributed by atoms with Gasteiger partial charge in [-0.3, -0.25) is 4.98 Å². The van der Waals surface area contributed by atoms with Gasteiger partial charge in [0, 0.05) is 27.8 Å². The van der Waals surface area contributed by atoms with Gasteiger partial charge >= 0.3 is 0 Å². The molecular formula is C21H16BrN3O2. The van der Waals surface area contributed by atoms with Gasteiger partial charge in [-0.2, -0.15) is 0 Å². The number of pyridine rings is 2. The number of nitrogens with zero attached hydrogens (tertiary/aromatic N) is 2. The van der Waals surface area contributed by atoms with E-state index in [4.69, 9.17) is 0 Å². The molecule has 0 fully saturated rings. The maximum Gasteiger partial charge on any atom is 0.169 e. The maximum absolute atomic E-state index is 10.9. The van der Waals surface area contributed by atoms with Crippen LogP contribution in [-0.4, -0.2) is 20.2 Å². The lowest BCUT2D eigenvalue weighted by atomic mass is 9.96. The molecule has 0 saturated carbocycles. The number of anilines is 1. The van der Waals surface area contributed by atoms with Crippen molar-refractivity contribution in [2.75, 3.05) is 5.32 Å². The summed E-state index contributed by atoms with van der Waals surface area (Å²) in [6.45, 7) is 0. The minimum absolute atomic E-state index is 0.0398. The molecule has 5 nitrogen and oxygen atoms in total. The minimum Gasteiger partial charge on any atom is -0.505 e. The number of halogens is 1. The summed E-state index contributed by atoms with van der Waals surface area (Å²) >= 11 is 3.44. The van der Waals surface area contributed by atoms with Crippen LogP contribution in [0.4, 0.5) is 5.82 Å². The molecule has 3 N–H and O–H groups in total. The van der Waals surface area contributed by atoms with Crippen LogP contribution in [0.15, 0.2) is 77.5 Å².